The van der Waals surface area contributed by atoms with Gasteiger partial charge < -0.3 is 19.9 Å². The van der Waals surface area contributed by atoms with Crippen molar-refractivity contribution < 1.29 is 19.1 Å². The third kappa shape index (κ3) is 4.69. The van der Waals surface area contributed by atoms with Crippen LogP contribution >= 0.6 is 22.6 Å². The molecule has 0 aliphatic carbocycles. The number of benzene rings is 2. The number of para-hydroxylation sites is 2. The van der Waals surface area contributed by atoms with Crippen molar-refractivity contribution in [3.05, 3.63) is 80.8 Å². The number of halogens is 1. The van der Waals surface area contributed by atoms with E-state index in [-0.39, 0.29) is 5.70 Å². The standard InChI is InChI=1S/C25H23IN4O4/c1-15-11-17(16(2)30(15)19-8-6-7-18(26)13-19)12-21-24(32)29(25(33)28-21)14-23(31)27-20-9-4-5-10-22(20)34-3/h4-13H,14H2,1-3H3,(H,27,31)(H,28,33)/b21-12+. The number of nitrogens with zero attached hydrogens (tertiary/aromatic N) is 2. The molecule has 2 heterocycles. The largest absolute Gasteiger partial charge is 0.495 e. The number of amides is 4. The van der Waals surface area contributed by atoms with E-state index in [0.717, 1.165) is 31.1 Å². The van der Waals surface area contributed by atoms with Gasteiger partial charge in [0.25, 0.3) is 5.91 Å². The van der Waals surface area contributed by atoms with Crippen LogP contribution in [0.4, 0.5) is 10.5 Å². The molecule has 3 aromatic rings. The zero-order chi connectivity index (χ0) is 24.4. The van der Waals surface area contributed by atoms with E-state index in [1.807, 2.05) is 38.1 Å². The van der Waals surface area contributed by atoms with E-state index in [9.17, 15) is 14.4 Å². The van der Waals surface area contributed by atoms with Gasteiger partial charge in [-0.2, -0.15) is 0 Å². The van der Waals surface area contributed by atoms with Crippen LogP contribution in [0.5, 0.6) is 5.75 Å². The summed E-state index contributed by atoms with van der Waals surface area (Å²) in [7, 11) is 1.50. The molecular weight excluding hydrogens is 547 g/mol. The molecule has 4 amide bonds. The van der Waals surface area contributed by atoms with Crippen LogP contribution in [0.1, 0.15) is 17.0 Å². The van der Waals surface area contributed by atoms with Crippen LogP contribution in [0.3, 0.4) is 0 Å². The number of hydrogen-bond donors (Lipinski definition) is 2. The minimum atomic E-state index is -0.641. The zero-order valence-corrected chi connectivity index (χ0v) is 21.0. The van der Waals surface area contributed by atoms with Crippen molar-refractivity contribution in [3.63, 3.8) is 0 Å². The molecule has 8 nitrogen and oxygen atoms in total. The van der Waals surface area contributed by atoms with E-state index in [2.05, 4.69) is 43.9 Å². The normalized spacial score (nSPS) is 14.5. The molecular formula is C25H23IN4O4. The highest BCUT2D eigenvalue weighted by Crippen LogP contribution is 2.25. The lowest BCUT2D eigenvalue weighted by molar-refractivity contribution is -0.127. The topological polar surface area (TPSA) is 92.7 Å². The van der Waals surface area contributed by atoms with Crippen LogP contribution in [-0.4, -0.2) is 41.0 Å². The van der Waals surface area contributed by atoms with Crippen LogP contribution < -0.4 is 15.4 Å². The molecule has 34 heavy (non-hydrogen) atoms. The highest BCUT2D eigenvalue weighted by molar-refractivity contribution is 14.1. The monoisotopic (exact) mass is 570 g/mol. The van der Waals surface area contributed by atoms with Gasteiger partial charge in [-0.05, 0) is 84.5 Å². The predicted octanol–water partition coefficient (Wildman–Crippen LogP) is 4.24. The Morgan fingerprint density at radius 2 is 1.88 bits per heavy atom. The highest BCUT2D eigenvalue weighted by atomic mass is 127. The van der Waals surface area contributed by atoms with Crippen LogP contribution in [0.15, 0.2) is 60.3 Å². The van der Waals surface area contributed by atoms with Gasteiger partial charge in [0.1, 0.15) is 18.0 Å². The Kier molecular flexibility index (Phi) is 6.73. The van der Waals surface area contributed by atoms with E-state index in [4.69, 9.17) is 4.74 Å². The summed E-state index contributed by atoms with van der Waals surface area (Å²) in [5, 5.41) is 5.26. The Balaban J connectivity index is 1.53. The number of aryl methyl sites for hydroxylation is 1. The predicted molar refractivity (Wildman–Crippen MR) is 138 cm³/mol. The summed E-state index contributed by atoms with van der Waals surface area (Å²) in [6.45, 7) is 3.53. The maximum Gasteiger partial charge on any atom is 0.329 e. The molecule has 2 N–H and O–H groups in total. The van der Waals surface area contributed by atoms with E-state index in [1.54, 1.807) is 30.3 Å². The molecule has 9 heteroatoms. The third-order valence-electron chi connectivity index (χ3n) is 5.48. The average Bonchev–Trinajstić information content (AvgIpc) is 3.23. The van der Waals surface area contributed by atoms with Gasteiger partial charge in [-0.1, -0.05) is 18.2 Å². The Hall–Kier alpha value is -3.60. The molecule has 1 aliphatic rings. The summed E-state index contributed by atoms with van der Waals surface area (Å²) in [6.07, 6.45) is 1.64. The summed E-state index contributed by atoms with van der Waals surface area (Å²) in [6, 6.07) is 16.3. The molecule has 174 valence electrons. The molecule has 1 aromatic heterocycles. The Morgan fingerprint density at radius 3 is 2.62 bits per heavy atom. The smallest absolute Gasteiger partial charge is 0.329 e. The SMILES string of the molecule is COc1ccccc1NC(=O)CN1C(=O)N/C(=C/c2cc(C)n(-c3cccc(I)c3)c2C)C1=O. The molecule has 0 unspecified atom stereocenters. The number of ether oxygens (including phenoxy) is 1. The number of urea groups is 1. The molecule has 0 saturated carbocycles. The maximum absolute atomic E-state index is 12.9. The molecule has 4 rings (SSSR count). The number of nitrogens with one attached hydrogen (secondary N) is 2. The molecule has 0 spiro atoms. The maximum atomic E-state index is 12.9. The van der Waals surface area contributed by atoms with Gasteiger partial charge in [-0.25, -0.2) is 9.69 Å². The number of anilines is 1. The van der Waals surface area contributed by atoms with Gasteiger partial charge in [0.05, 0.1) is 12.8 Å². The zero-order valence-electron chi connectivity index (χ0n) is 18.9. The second kappa shape index (κ2) is 9.72. The van der Waals surface area contributed by atoms with E-state index in [0.29, 0.717) is 11.4 Å². The molecule has 0 bridgehead atoms. The van der Waals surface area contributed by atoms with Gasteiger partial charge >= 0.3 is 6.03 Å². The number of carbonyl (C=O) groups is 3. The summed E-state index contributed by atoms with van der Waals surface area (Å²) in [5.41, 5.74) is 4.33. The number of methoxy groups -OCH3 is 1. The Bertz CT molecular complexity index is 1330. The van der Waals surface area contributed by atoms with Crippen LogP contribution in [-0.2, 0) is 9.59 Å². The van der Waals surface area contributed by atoms with Crippen LogP contribution in [0.2, 0.25) is 0 Å². The van der Waals surface area contributed by atoms with Crippen molar-refractivity contribution in [2.24, 2.45) is 0 Å². The quantitative estimate of drug-likeness (QED) is 0.264. The number of imide groups is 1. The van der Waals surface area contributed by atoms with Crippen molar-refractivity contribution in [1.82, 2.24) is 14.8 Å². The first-order chi connectivity index (χ1) is 16.3. The highest BCUT2D eigenvalue weighted by Gasteiger charge is 2.35. The van der Waals surface area contributed by atoms with Crippen LogP contribution in [0.25, 0.3) is 11.8 Å². The Morgan fingerprint density at radius 1 is 1.12 bits per heavy atom. The van der Waals surface area contributed by atoms with Crippen molar-refractivity contribution in [2.45, 2.75) is 13.8 Å². The first-order valence-corrected chi connectivity index (χ1v) is 11.6. The summed E-state index contributed by atoms with van der Waals surface area (Å²) in [4.78, 5) is 38.8. The Labute approximate surface area is 210 Å². The van der Waals surface area contributed by atoms with Gasteiger partial charge in [0, 0.05) is 20.6 Å². The molecule has 1 aliphatic heterocycles. The molecule has 2 aromatic carbocycles. The minimum Gasteiger partial charge on any atom is -0.495 e. The molecule has 0 radical (unpaired) electrons. The minimum absolute atomic E-state index is 0.123. The van der Waals surface area contributed by atoms with Crippen molar-refractivity contribution in [2.75, 3.05) is 19.0 Å². The number of rotatable bonds is 6. The van der Waals surface area contributed by atoms with E-state index < -0.39 is 24.4 Å². The molecule has 1 fully saturated rings. The number of carbonyl (C=O) groups excluding carboxylic acids is 3. The van der Waals surface area contributed by atoms with Crippen LogP contribution in [0, 0.1) is 17.4 Å². The fourth-order valence-electron chi connectivity index (χ4n) is 3.90. The van der Waals surface area contributed by atoms with E-state index in [1.165, 1.54) is 7.11 Å². The van der Waals surface area contributed by atoms with Crippen molar-refractivity contribution in [1.29, 1.82) is 0 Å². The van der Waals surface area contributed by atoms with Gasteiger partial charge in [-0.15, -0.1) is 0 Å². The lowest BCUT2D eigenvalue weighted by Crippen LogP contribution is -2.38. The number of hydrogen-bond acceptors (Lipinski definition) is 4. The summed E-state index contributed by atoms with van der Waals surface area (Å²) >= 11 is 2.27. The fraction of sp³-hybridized carbons (Fsp3) is 0.160. The van der Waals surface area contributed by atoms with Gasteiger partial charge in [0.15, 0.2) is 0 Å². The summed E-state index contributed by atoms with van der Waals surface area (Å²) in [5.74, 6) is -0.581. The van der Waals surface area contributed by atoms with Gasteiger partial charge in [-0.3, -0.25) is 9.59 Å². The average molecular weight is 570 g/mol. The molecule has 0 atom stereocenters. The summed E-state index contributed by atoms with van der Waals surface area (Å²) < 4.78 is 8.42. The first-order valence-electron chi connectivity index (χ1n) is 10.5. The van der Waals surface area contributed by atoms with E-state index >= 15 is 0 Å². The fourth-order valence-corrected chi connectivity index (χ4v) is 4.42. The first kappa shape index (κ1) is 23.6. The second-order valence-corrected chi connectivity index (χ2v) is 9.02. The lowest BCUT2D eigenvalue weighted by atomic mass is 10.2. The third-order valence-corrected chi connectivity index (χ3v) is 6.15. The second-order valence-electron chi connectivity index (χ2n) is 7.77. The number of aromatic nitrogens is 1. The van der Waals surface area contributed by atoms with Crippen molar-refractivity contribution >= 4 is 52.2 Å². The molecule has 1 saturated heterocycles. The van der Waals surface area contributed by atoms with Crippen molar-refractivity contribution in [3.8, 4) is 11.4 Å². The van der Waals surface area contributed by atoms with Gasteiger partial charge in [0.2, 0.25) is 5.91 Å². The lowest BCUT2D eigenvalue weighted by Gasteiger charge is -2.13.